The normalized spacial score (nSPS) is 17.2. The molecule has 0 bridgehead atoms. The Morgan fingerprint density at radius 3 is 2.75 bits per heavy atom. The van der Waals surface area contributed by atoms with Crippen LogP contribution >= 0.6 is 0 Å². The quantitative estimate of drug-likeness (QED) is 0.886. The van der Waals surface area contributed by atoms with Gasteiger partial charge in [0.1, 0.15) is 5.75 Å². The molecule has 1 aromatic carbocycles. The summed E-state index contributed by atoms with van der Waals surface area (Å²) in [6.07, 6.45) is 4.99. The van der Waals surface area contributed by atoms with E-state index >= 15 is 0 Å². The molecule has 1 amide bonds. The number of carbonyl (C=O) groups is 1. The van der Waals surface area contributed by atoms with Crippen molar-refractivity contribution in [2.75, 3.05) is 26.8 Å². The maximum atomic E-state index is 12.7. The first-order chi connectivity index (χ1) is 11.6. The standard InChI is InChI=1S/C19H26N2O3/c1-3-19(13-22)7-9-21(10-8-19)17(23)11-14-12-20-15-5-4-6-16(24-2)18(14)15/h4-6,12,20,22H,3,7-11,13H2,1-2H3. The van der Waals surface area contributed by atoms with Crippen molar-refractivity contribution in [1.82, 2.24) is 9.88 Å². The summed E-state index contributed by atoms with van der Waals surface area (Å²) >= 11 is 0. The summed E-state index contributed by atoms with van der Waals surface area (Å²) < 4.78 is 5.44. The molecular weight excluding hydrogens is 304 g/mol. The molecule has 1 aromatic heterocycles. The first kappa shape index (κ1) is 16.8. The smallest absolute Gasteiger partial charge is 0.227 e. The first-order valence-corrected chi connectivity index (χ1v) is 8.64. The lowest BCUT2D eigenvalue weighted by molar-refractivity contribution is -0.133. The predicted molar refractivity (Wildman–Crippen MR) is 94.2 cm³/mol. The van der Waals surface area contributed by atoms with Crippen molar-refractivity contribution >= 4 is 16.8 Å². The monoisotopic (exact) mass is 330 g/mol. The van der Waals surface area contributed by atoms with E-state index in [9.17, 15) is 9.90 Å². The van der Waals surface area contributed by atoms with E-state index in [2.05, 4.69) is 11.9 Å². The average molecular weight is 330 g/mol. The second kappa shape index (κ2) is 6.85. The summed E-state index contributed by atoms with van der Waals surface area (Å²) in [5.41, 5.74) is 1.96. The number of nitrogens with one attached hydrogen (secondary N) is 1. The van der Waals surface area contributed by atoms with Crippen LogP contribution in [0.3, 0.4) is 0 Å². The number of H-pyrrole nitrogens is 1. The highest BCUT2D eigenvalue weighted by Gasteiger charge is 2.33. The number of aliphatic hydroxyl groups excluding tert-OH is 1. The van der Waals surface area contributed by atoms with Crippen LogP contribution in [0.4, 0.5) is 0 Å². The first-order valence-electron chi connectivity index (χ1n) is 8.64. The summed E-state index contributed by atoms with van der Waals surface area (Å²) in [7, 11) is 1.65. The number of amides is 1. The average Bonchev–Trinajstić information content (AvgIpc) is 3.04. The molecule has 1 fully saturated rings. The van der Waals surface area contributed by atoms with Crippen LogP contribution in [-0.2, 0) is 11.2 Å². The van der Waals surface area contributed by atoms with Gasteiger partial charge >= 0.3 is 0 Å². The topological polar surface area (TPSA) is 65.6 Å². The molecule has 0 atom stereocenters. The zero-order valence-electron chi connectivity index (χ0n) is 14.5. The SMILES string of the molecule is CCC1(CO)CCN(C(=O)Cc2c[nH]c3cccc(OC)c23)CC1. The molecule has 2 N–H and O–H groups in total. The fourth-order valence-electron chi connectivity index (χ4n) is 3.66. The van der Waals surface area contributed by atoms with Crippen molar-refractivity contribution in [1.29, 1.82) is 0 Å². The van der Waals surface area contributed by atoms with Crippen LogP contribution in [0.5, 0.6) is 5.75 Å². The van der Waals surface area contributed by atoms with E-state index in [1.54, 1.807) is 7.11 Å². The van der Waals surface area contributed by atoms with E-state index < -0.39 is 0 Å². The maximum Gasteiger partial charge on any atom is 0.227 e. The highest BCUT2D eigenvalue weighted by molar-refractivity contribution is 5.93. The fraction of sp³-hybridized carbons (Fsp3) is 0.526. The number of ether oxygens (including phenoxy) is 1. The van der Waals surface area contributed by atoms with Gasteiger partial charge in [-0.25, -0.2) is 0 Å². The summed E-state index contributed by atoms with van der Waals surface area (Å²) in [4.78, 5) is 17.9. The molecule has 1 saturated heterocycles. The van der Waals surface area contributed by atoms with Gasteiger partial charge in [0.25, 0.3) is 0 Å². The van der Waals surface area contributed by atoms with Crippen LogP contribution in [0.1, 0.15) is 31.7 Å². The van der Waals surface area contributed by atoms with E-state index in [1.165, 1.54) is 0 Å². The van der Waals surface area contributed by atoms with E-state index in [4.69, 9.17) is 4.74 Å². The van der Waals surface area contributed by atoms with Gasteiger partial charge in [0.2, 0.25) is 5.91 Å². The number of likely N-dealkylation sites (tertiary alicyclic amines) is 1. The molecule has 2 heterocycles. The molecule has 24 heavy (non-hydrogen) atoms. The number of aliphatic hydroxyl groups is 1. The number of aromatic nitrogens is 1. The lowest BCUT2D eigenvalue weighted by atomic mass is 9.77. The van der Waals surface area contributed by atoms with Gasteiger partial charge in [-0.3, -0.25) is 4.79 Å². The van der Waals surface area contributed by atoms with Gasteiger partial charge in [-0.15, -0.1) is 0 Å². The third-order valence-corrected chi connectivity index (χ3v) is 5.57. The minimum absolute atomic E-state index is 0.000776. The Balaban J connectivity index is 1.72. The van der Waals surface area contributed by atoms with Gasteiger partial charge in [0, 0.05) is 36.8 Å². The summed E-state index contributed by atoms with van der Waals surface area (Å²) in [6, 6.07) is 5.85. The second-order valence-electron chi connectivity index (χ2n) is 6.77. The van der Waals surface area contributed by atoms with Crippen molar-refractivity contribution in [2.24, 2.45) is 5.41 Å². The highest BCUT2D eigenvalue weighted by Crippen LogP contribution is 2.35. The maximum absolute atomic E-state index is 12.7. The Bertz CT molecular complexity index is 708. The molecule has 0 spiro atoms. The van der Waals surface area contributed by atoms with E-state index in [1.807, 2.05) is 29.3 Å². The molecular formula is C19H26N2O3. The van der Waals surface area contributed by atoms with Gasteiger partial charge < -0.3 is 19.7 Å². The second-order valence-corrected chi connectivity index (χ2v) is 6.77. The number of hydrogen-bond donors (Lipinski definition) is 2. The number of hydrogen-bond acceptors (Lipinski definition) is 3. The van der Waals surface area contributed by atoms with Crippen molar-refractivity contribution < 1.29 is 14.6 Å². The Labute approximate surface area is 142 Å². The largest absolute Gasteiger partial charge is 0.496 e. The van der Waals surface area contributed by atoms with Gasteiger partial charge in [0.15, 0.2) is 0 Å². The van der Waals surface area contributed by atoms with E-state index in [0.717, 1.165) is 54.6 Å². The molecule has 5 nitrogen and oxygen atoms in total. The zero-order valence-corrected chi connectivity index (χ0v) is 14.5. The Morgan fingerprint density at radius 2 is 2.12 bits per heavy atom. The van der Waals surface area contributed by atoms with Gasteiger partial charge in [-0.1, -0.05) is 13.0 Å². The summed E-state index contributed by atoms with van der Waals surface area (Å²) in [5.74, 6) is 0.935. The van der Waals surface area contributed by atoms with Crippen molar-refractivity contribution in [3.8, 4) is 5.75 Å². The molecule has 0 unspecified atom stereocenters. The van der Waals surface area contributed by atoms with Crippen molar-refractivity contribution in [3.63, 3.8) is 0 Å². The number of aromatic amines is 1. The van der Waals surface area contributed by atoms with Gasteiger partial charge in [-0.2, -0.15) is 0 Å². The molecule has 1 aliphatic heterocycles. The number of rotatable bonds is 5. The lowest BCUT2D eigenvalue weighted by Crippen LogP contribution is -2.44. The number of fused-ring (bicyclic) bond motifs is 1. The fourth-order valence-corrected chi connectivity index (χ4v) is 3.66. The summed E-state index contributed by atoms with van der Waals surface area (Å²) in [5, 5.41) is 10.6. The number of piperidine rings is 1. The Hall–Kier alpha value is -2.01. The van der Waals surface area contributed by atoms with Crippen LogP contribution in [0.2, 0.25) is 0 Å². The van der Waals surface area contributed by atoms with Crippen molar-refractivity contribution in [3.05, 3.63) is 30.0 Å². The summed E-state index contributed by atoms with van der Waals surface area (Å²) in [6.45, 7) is 3.79. The molecule has 5 heteroatoms. The van der Waals surface area contributed by atoms with Gasteiger partial charge in [0.05, 0.1) is 13.5 Å². The minimum Gasteiger partial charge on any atom is -0.496 e. The van der Waals surface area contributed by atoms with Crippen LogP contribution in [-0.4, -0.2) is 47.7 Å². The lowest BCUT2D eigenvalue weighted by Gasteiger charge is -2.40. The Morgan fingerprint density at radius 1 is 1.38 bits per heavy atom. The third-order valence-electron chi connectivity index (χ3n) is 5.57. The number of carbonyl (C=O) groups excluding carboxylic acids is 1. The van der Waals surface area contributed by atoms with E-state index in [0.29, 0.717) is 6.42 Å². The predicted octanol–water partition coefficient (Wildman–Crippen LogP) is 2.73. The highest BCUT2D eigenvalue weighted by atomic mass is 16.5. The molecule has 1 aliphatic rings. The number of benzene rings is 1. The molecule has 0 radical (unpaired) electrons. The number of methoxy groups -OCH3 is 1. The van der Waals surface area contributed by atoms with Crippen LogP contribution < -0.4 is 4.74 Å². The van der Waals surface area contributed by atoms with E-state index in [-0.39, 0.29) is 17.9 Å². The zero-order chi connectivity index (χ0) is 17.2. The van der Waals surface area contributed by atoms with Crippen molar-refractivity contribution in [2.45, 2.75) is 32.6 Å². The third kappa shape index (κ3) is 3.00. The van der Waals surface area contributed by atoms with Crippen LogP contribution in [0.25, 0.3) is 10.9 Å². The molecule has 0 saturated carbocycles. The van der Waals surface area contributed by atoms with Crippen LogP contribution in [0, 0.1) is 5.41 Å². The van der Waals surface area contributed by atoms with Gasteiger partial charge in [-0.05, 0) is 42.4 Å². The molecule has 3 rings (SSSR count). The molecule has 0 aliphatic carbocycles. The number of nitrogens with zero attached hydrogens (tertiary/aromatic N) is 1. The minimum atomic E-state index is 0.000776. The van der Waals surface area contributed by atoms with Crippen LogP contribution in [0.15, 0.2) is 24.4 Å². The Kier molecular flexibility index (Phi) is 4.81. The molecule has 130 valence electrons. The molecule has 2 aromatic rings.